The summed E-state index contributed by atoms with van der Waals surface area (Å²) in [5.41, 5.74) is 8.17. The Kier molecular flexibility index (Phi) is 5.28. The average molecular weight is 353 g/mol. The highest BCUT2D eigenvalue weighted by Gasteiger charge is 2.22. The first-order chi connectivity index (χ1) is 10.1. The Labute approximate surface area is 134 Å². The molecule has 4 nitrogen and oxygen atoms in total. The molecule has 2 rings (SSSR count). The molecule has 1 heterocycles. The number of piperidine rings is 1. The van der Waals surface area contributed by atoms with Gasteiger partial charge >= 0.3 is 5.97 Å². The largest absolute Gasteiger partial charge is 0.465 e. The second kappa shape index (κ2) is 6.98. The van der Waals surface area contributed by atoms with Crippen molar-refractivity contribution in [2.75, 3.05) is 30.8 Å². The van der Waals surface area contributed by atoms with E-state index < -0.39 is 0 Å². The van der Waals surface area contributed by atoms with Crippen molar-refractivity contribution in [3.63, 3.8) is 0 Å². The van der Waals surface area contributed by atoms with Crippen LogP contribution in [0.2, 0.25) is 0 Å². The average Bonchev–Trinajstić information content (AvgIpc) is 2.49. The minimum atomic E-state index is -0.384. The molecule has 2 N–H and O–H groups in total. The van der Waals surface area contributed by atoms with Crippen molar-refractivity contribution in [2.45, 2.75) is 19.3 Å². The summed E-state index contributed by atoms with van der Waals surface area (Å²) in [6.45, 7) is 5.77. The molecule has 5 heteroatoms. The number of nitrogen functional groups attached to an aromatic ring is 1. The zero-order valence-corrected chi connectivity index (χ0v) is 13.9. The maximum absolute atomic E-state index is 11.7. The van der Waals surface area contributed by atoms with Crippen LogP contribution in [-0.4, -0.2) is 26.2 Å². The molecule has 0 aliphatic carbocycles. The SMILES string of the molecule is C=CCC1CCN(c2cc(Br)c(C(=O)OC)cc2N)CC1. The van der Waals surface area contributed by atoms with Gasteiger partial charge in [-0.25, -0.2) is 4.79 Å². The highest BCUT2D eigenvalue weighted by Crippen LogP contribution is 2.34. The zero-order chi connectivity index (χ0) is 15.4. The Bertz CT molecular complexity index is 537. The first-order valence-electron chi connectivity index (χ1n) is 7.10. The fourth-order valence-corrected chi connectivity index (χ4v) is 3.26. The monoisotopic (exact) mass is 352 g/mol. The van der Waals surface area contributed by atoms with Crippen molar-refractivity contribution < 1.29 is 9.53 Å². The number of rotatable bonds is 4. The third-order valence-electron chi connectivity index (χ3n) is 3.98. The lowest BCUT2D eigenvalue weighted by Gasteiger charge is -2.34. The number of hydrogen-bond acceptors (Lipinski definition) is 4. The molecule has 1 fully saturated rings. The second-order valence-corrected chi connectivity index (χ2v) is 6.19. The van der Waals surface area contributed by atoms with E-state index in [-0.39, 0.29) is 5.97 Å². The number of halogens is 1. The van der Waals surface area contributed by atoms with Crippen LogP contribution in [0.25, 0.3) is 0 Å². The van der Waals surface area contributed by atoms with Crippen molar-refractivity contribution in [2.24, 2.45) is 5.92 Å². The Morgan fingerprint density at radius 3 is 2.76 bits per heavy atom. The van der Waals surface area contributed by atoms with Gasteiger partial charge in [0.25, 0.3) is 0 Å². The van der Waals surface area contributed by atoms with Crippen LogP contribution < -0.4 is 10.6 Å². The number of nitrogens with zero attached hydrogens (tertiary/aromatic N) is 1. The number of anilines is 2. The number of benzene rings is 1. The first kappa shape index (κ1) is 15.9. The maximum atomic E-state index is 11.7. The number of nitrogens with two attached hydrogens (primary N) is 1. The zero-order valence-electron chi connectivity index (χ0n) is 12.3. The fourth-order valence-electron chi connectivity index (χ4n) is 2.77. The van der Waals surface area contributed by atoms with Crippen molar-refractivity contribution in [1.29, 1.82) is 0 Å². The van der Waals surface area contributed by atoms with Gasteiger partial charge in [0.15, 0.2) is 0 Å². The summed E-state index contributed by atoms with van der Waals surface area (Å²) in [4.78, 5) is 13.9. The third kappa shape index (κ3) is 3.59. The van der Waals surface area contributed by atoms with Crippen LogP contribution in [0.1, 0.15) is 29.6 Å². The smallest absolute Gasteiger partial charge is 0.339 e. The van der Waals surface area contributed by atoms with Gasteiger partial charge in [-0.1, -0.05) is 6.08 Å². The lowest BCUT2D eigenvalue weighted by atomic mass is 9.93. The van der Waals surface area contributed by atoms with E-state index in [4.69, 9.17) is 10.5 Å². The van der Waals surface area contributed by atoms with Crippen LogP contribution in [0.3, 0.4) is 0 Å². The fraction of sp³-hybridized carbons (Fsp3) is 0.438. The van der Waals surface area contributed by atoms with E-state index in [1.165, 1.54) is 7.11 Å². The van der Waals surface area contributed by atoms with Crippen LogP contribution >= 0.6 is 15.9 Å². The van der Waals surface area contributed by atoms with E-state index >= 15 is 0 Å². The standard InChI is InChI=1S/C16H21BrN2O2/c1-3-4-11-5-7-19(8-6-11)15-10-13(17)12(9-14(15)18)16(20)21-2/h3,9-11H,1,4-8,18H2,2H3. The van der Waals surface area contributed by atoms with Crippen molar-refractivity contribution in [3.05, 3.63) is 34.8 Å². The van der Waals surface area contributed by atoms with E-state index in [2.05, 4.69) is 27.4 Å². The highest BCUT2D eigenvalue weighted by molar-refractivity contribution is 9.10. The molecule has 1 saturated heterocycles. The van der Waals surface area contributed by atoms with E-state index in [0.29, 0.717) is 15.7 Å². The van der Waals surface area contributed by atoms with Gasteiger partial charge in [-0.3, -0.25) is 0 Å². The van der Waals surface area contributed by atoms with Gasteiger partial charge in [0, 0.05) is 17.6 Å². The van der Waals surface area contributed by atoms with Crippen LogP contribution in [0, 0.1) is 5.92 Å². The molecular weight excluding hydrogens is 332 g/mol. The molecule has 1 aromatic rings. The summed E-state index contributed by atoms with van der Waals surface area (Å²) in [5, 5.41) is 0. The molecule has 1 aromatic carbocycles. The van der Waals surface area contributed by atoms with Crippen molar-refractivity contribution >= 4 is 33.3 Å². The Balaban J connectivity index is 2.16. The number of ether oxygens (including phenoxy) is 1. The van der Waals surface area contributed by atoms with Gasteiger partial charge in [-0.2, -0.15) is 0 Å². The molecule has 0 atom stereocenters. The van der Waals surface area contributed by atoms with Crippen molar-refractivity contribution in [1.82, 2.24) is 0 Å². The molecule has 1 aliphatic rings. The molecule has 0 spiro atoms. The topological polar surface area (TPSA) is 55.6 Å². The van der Waals surface area contributed by atoms with Crippen LogP contribution in [0.15, 0.2) is 29.3 Å². The van der Waals surface area contributed by atoms with Gasteiger partial charge in [-0.15, -0.1) is 6.58 Å². The highest BCUT2D eigenvalue weighted by atomic mass is 79.9. The Hall–Kier alpha value is -1.49. The van der Waals surface area contributed by atoms with Gasteiger partial charge in [-0.05, 0) is 53.2 Å². The molecule has 0 bridgehead atoms. The number of carbonyl (C=O) groups excluding carboxylic acids is 1. The summed E-state index contributed by atoms with van der Waals surface area (Å²) >= 11 is 3.43. The predicted molar refractivity (Wildman–Crippen MR) is 89.6 cm³/mol. The van der Waals surface area contributed by atoms with Gasteiger partial charge in [0.05, 0.1) is 24.0 Å². The molecule has 0 saturated carbocycles. The number of allylic oxidation sites excluding steroid dienone is 1. The van der Waals surface area contributed by atoms with Crippen LogP contribution in [-0.2, 0) is 4.74 Å². The molecule has 0 radical (unpaired) electrons. The number of hydrogen-bond donors (Lipinski definition) is 1. The van der Waals surface area contributed by atoms with E-state index in [9.17, 15) is 4.79 Å². The van der Waals surface area contributed by atoms with Crippen molar-refractivity contribution in [3.8, 4) is 0 Å². The van der Waals surface area contributed by atoms with Crippen LogP contribution in [0.4, 0.5) is 11.4 Å². The third-order valence-corrected chi connectivity index (χ3v) is 4.63. The van der Waals surface area contributed by atoms with Gasteiger partial charge in [0.1, 0.15) is 0 Å². The summed E-state index contributed by atoms with van der Waals surface area (Å²) in [7, 11) is 1.36. The minimum absolute atomic E-state index is 0.384. The first-order valence-corrected chi connectivity index (χ1v) is 7.89. The molecule has 0 aromatic heterocycles. The number of carbonyl (C=O) groups is 1. The van der Waals surface area contributed by atoms with Crippen LogP contribution in [0.5, 0.6) is 0 Å². The summed E-state index contributed by atoms with van der Waals surface area (Å²) in [5.74, 6) is 0.336. The van der Waals surface area contributed by atoms with E-state index in [1.807, 2.05) is 12.1 Å². The molecule has 1 aliphatic heterocycles. The maximum Gasteiger partial charge on any atom is 0.339 e. The summed E-state index contributed by atoms with van der Waals surface area (Å²) < 4.78 is 5.47. The van der Waals surface area contributed by atoms with Gasteiger partial charge in [0.2, 0.25) is 0 Å². The normalized spacial score (nSPS) is 15.8. The number of esters is 1. The lowest BCUT2D eigenvalue weighted by molar-refractivity contribution is 0.0600. The minimum Gasteiger partial charge on any atom is -0.465 e. The summed E-state index contributed by atoms with van der Waals surface area (Å²) in [6, 6.07) is 3.59. The molecular formula is C16H21BrN2O2. The Morgan fingerprint density at radius 1 is 1.52 bits per heavy atom. The number of methoxy groups -OCH3 is 1. The lowest BCUT2D eigenvalue weighted by Crippen LogP contribution is -2.34. The molecule has 21 heavy (non-hydrogen) atoms. The van der Waals surface area contributed by atoms with Gasteiger partial charge < -0.3 is 15.4 Å². The molecule has 0 amide bonds. The molecule has 114 valence electrons. The summed E-state index contributed by atoms with van der Waals surface area (Å²) in [6.07, 6.45) is 5.36. The second-order valence-electron chi connectivity index (χ2n) is 5.34. The molecule has 0 unspecified atom stereocenters. The Morgan fingerprint density at radius 2 is 2.19 bits per heavy atom. The predicted octanol–water partition coefficient (Wildman–Crippen LogP) is 3.61. The van der Waals surface area contributed by atoms with E-state index in [0.717, 1.165) is 44.0 Å². The van der Waals surface area contributed by atoms with E-state index in [1.54, 1.807) is 6.07 Å². The quantitative estimate of drug-likeness (QED) is 0.510.